The van der Waals surface area contributed by atoms with Crippen molar-refractivity contribution in [1.82, 2.24) is 4.90 Å². The number of hydrogen-bond acceptors (Lipinski definition) is 2. The zero-order valence-electron chi connectivity index (χ0n) is 10.3. The number of carboxylic acid groups (broad SMARTS) is 1. The van der Waals surface area contributed by atoms with Crippen molar-refractivity contribution in [3.8, 4) is 0 Å². The molecule has 1 aromatic carbocycles. The first-order chi connectivity index (χ1) is 8.93. The first-order valence-corrected chi connectivity index (χ1v) is 7.25. The minimum Gasteiger partial charge on any atom is -0.480 e. The summed E-state index contributed by atoms with van der Waals surface area (Å²) >= 11 is 6.64. The summed E-state index contributed by atoms with van der Waals surface area (Å²) in [5.41, 5.74) is 0.589. The number of amides is 2. The lowest BCUT2D eigenvalue weighted by molar-refractivity contribution is -0.137. The Balaban J connectivity index is 2.80. The lowest BCUT2D eigenvalue weighted by Crippen LogP contribution is -2.39. The number of rotatable bonds is 5. The van der Waals surface area contributed by atoms with Crippen molar-refractivity contribution in [3.63, 3.8) is 0 Å². The van der Waals surface area contributed by atoms with Crippen LogP contribution in [-0.4, -0.2) is 35.1 Å². The van der Waals surface area contributed by atoms with Crippen LogP contribution in [0.25, 0.3) is 0 Å². The standard InChI is InChI=1S/C12H14Br2N2O3/c1-2-5-16(7-11(17)18)12(19)15-10-6-8(13)3-4-9(10)14/h3-4,6H,2,5,7H2,1H3,(H,15,19)(H,17,18). The molecular weight excluding hydrogens is 380 g/mol. The van der Waals surface area contributed by atoms with Gasteiger partial charge in [-0.05, 0) is 40.5 Å². The van der Waals surface area contributed by atoms with Crippen LogP contribution >= 0.6 is 31.9 Å². The molecule has 0 fully saturated rings. The number of nitrogens with one attached hydrogen (secondary N) is 1. The molecule has 7 heteroatoms. The van der Waals surface area contributed by atoms with E-state index < -0.39 is 12.0 Å². The highest BCUT2D eigenvalue weighted by molar-refractivity contribution is 9.11. The van der Waals surface area contributed by atoms with Gasteiger partial charge >= 0.3 is 12.0 Å². The summed E-state index contributed by atoms with van der Waals surface area (Å²) in [6.07, 6.45) is 0.695. The Hall–Kier alpha value is -1.08. The maximum absolute atomic E-state index is 12.0. The molecule has 1 rings (SSSR count). The van der Waals surface area contributed by atoms with E-state index in [1.165, 1.54) is 4.90 Å². The summed E-state index contributed by atoms with van der Waals surface area (Å²) in [6, 6.07) is 4.94. The maximum Gasteiger partial charge on any atom is 0.323 e. The van der Waals surface area contributed by atoms with Crippen molar-refractivity contribution < 1.29 is 14.7 Å². The Morgan fingerprint density at radius 3 is 2.63 bits per heavy atom. The van der Waals surface area contributed by atoms with Crippen molar-refractivity contribution >= 4 is 49.5 Å². The zero-order chi connectivity index (χ0) is 14.4. The second-order valence-corrected chi connectivity index (χ2v) is 5.64. The predicted octanol–water partition coefficient (Wildman–Crippen LogP) is 3.54. The van der Waals surface area contributed by atoms with Gasteiger partial charge in [-0.15, -0.1) is 0 Å². The summed E-state index contributed by atoms with van der Waals surface area (Å²) in [4.78, 5) is 24.0. The number of nitrogens with zero attached hydrogens (tertiary/aromatic N) is 1. The first-order valence-electron chi connectivity index (χ1n) is 5.66. The Labute approximate surface area is 128 Å². The van der Waals surface area contributed by atoms with Gasteiger partial charge < -0.3 is 15.3 Å². The van der Waals surface area contributed by atoms with E-state index in [9.17, 15) is 9.59 Å². The van der Waals surface area contributed by atoms with Crippen LogP contribution in [0.1, 0.15) is 13.3 Å². The predicted molar refractivity (Wildman–Crippen MR) is 80.4 cm³/mol. The van der Waals surface area contributed by atoms with Gasteiger partial charge in [0, 0.05) is 15.5 Å². The van der Waals surface area contributed by atoms with E-state index in [-0.39, 0.29) is 6.54 Å². The molecule has 0 heterocycles. The van der Waals surface area contributed by atoms with Gasteiger partial charge in [0.05, 0.1) is 5.69 Å². The smallest absolute Gasteiger partial charge is 0.323 e. The van der Waals surface area contributed by atoms with Crippen molar-refractivity contribution in [2.75, 3.05) is 18.4 Å². The van der Waals surface area contributed by atoms with Gasteiger partial charge in [-0.2, -0.15) is 0 Å². The molecule has 0 aliphatic heterocycles. The monoisotopic (exact) mass is 392 g/mol. The van der Waals surface area contributed by atoms with Gasteiger partial charge in [0.25, 0.3) is 0 Å². The van der Waals surface area contributed by atoms with Crippen LogP contribution in [0.3, 0.4) is 0 Å². The molecule has 0 aliphatic carbocycles. The van der Waals surface area contributed by atoms with Gasteiger partial charge in [0.2, 0.25) is 0 Å². The third-order valence-electron chi connectivity index (χ3n) is 2.28. The number of carbonyl (C=O) groups excluding carboxylic acids is 1. The molecular formula is C12H14Br2N2O3. The Morgan fingerprint density at radius 1 is 1.37 bits per heavy atom. The normalized spacial score (nSPS) is 10.1. The number of carbonyl (C=O) groups is 2. The number of hydrogen-bond donors (Lipinski definition) is 2. The molecule has 19 heavy (non-hydrogen) atoms. The molecule has 0 atom stereocenters. The number of carboxylic acids is 1. The van der Waals surface area contributed by atoms with Crippen LogP contribution in [0.2, 0.25) is 0 Å². The first kappa shape index (κ1) is 16.0. The molecule has 0 aromatic heterocycles. The molecule has 0 unspecified atom stereocenters. The number of aliphatic carboxylic acids is 1. The van der Waals surface area contributed by atoms with Crippen molar-refractivity contribution in [2.45, 2.75) is 13.3 Å². The van der Waals surface area contributed by atoms with Crippen LogP contribution in [0.4, 0.5) is 10.5 Å². The summed E-state index contributed by atoms with van der Waals surface area (Å²) < 4.78 is 1.56. The van der Waals surface area contributed by atoms with Crippen molar-refractivity contribution in [1.29, 1.82) is 0 Å². The van der Waals surface area contributed by atoms with Gasteiger partial charge in [0.1, 0.15) is 6.54 Å². The fourth-order valence-corrected chi connectivity index (χ4v) is 2.18. The maximum atomic E-state index is 12.0. The van der Waals surface area contributed by atoms with Crippen LogP contribution in [0.15, 0.2) is 27.1 Å². The average molecular weight is 394 g/mol. The molecule has 0 radical (unpaired) electrons. The highest BCUT2D eigenvalue weighted by atomic mass is 79.9. The molecule has 0 aliphatic rings. The third kappa shape index (κ3) is 5.20. The molecule has 1 aromatic rings. The molecule has 0 bridgehead atoms. The number of anilines is 1. The molecule has 104 valence electrons. The highest BCUT2D eigenvalue weighted by Gasteiger charge is 2.16. The van der Waals surface area contributed by atoms with Crippen LogP contribution in [-0.2, 0) is 4.79 Å². The van der Waals surface area contributed by atoms with Gasteiger partial charge in [-0.3, -0.25) is 4.79 Å². The SMILES string of the molecule is CCCN(CC(=O)O)C(=O)Nc1cc(Br)ccc1Br. The largest absolute Gasteiger partial charge is 0.480 e. The summed E-state index contributed by atoms with van der Waals surface area (Å²) in [6.45, 7) is 1.96. The fourth-order valence-electron chi connectivity index (χ4n) is 1.47. The number of benzene rings is 1. The van der Waals surface area contributed by atoms with Gasteiger partial charge in [-0.1, -0.05) is 22.9 Å². The van der Waals surface area contributed by atoms with E-state index >= 15 is 0 Å². The van der Waals surface area contributed by atoms with Crippen LogP contribution in [0.5, 0.6) is 0 Å². The van der Waals surface area contributed by atoms with E-state index in [0.717, 1.165) is 8.95 Å². The van der Waals surface area contributed by atoms with E-state index in [4.69, 9.17) is 5.11 Å². The highest BCUT2D eigenvalue weighted by Crippen LogP contribution is 2.26. The minimum absolute atomic E-state index is 0.314. The average Bonchev–Trinajstić information content (AvgIpc) is 2.32. The number of urea groups is 1. The Bertz CT molecular complexity index is 480. The fraction of sp³-hybridized carbons (Fsp3) is 0.333. The number of halogens is 2. The van der Waals surface area contributed by atoms with Crippen molar-refractivity contribution in [2.24, 2.45) is 0 Å². The zero-order valence-corrected chi connectivity index (χ0v) is 13.5. The summed E-state index contributed by atoms with van der Waals surface area (Å²) in [7, 11) is 0. The molecule has 0 saturated heterocycles. The lowest BCUT2D eigenvalue weighted by Gasteiger charge is -2.21. The summed E-state index contributed by atoms with van der Waals surface area (Å²) in [5.74, 6) is -1.03. The van der Waals surface area contributed by atoms with Gasteiger partial charge in [0.15, 0.2) is 0 Å². The molecule has 2 amide bonds. The van der Waals surface area contributed by atoms with Crippen molar-refractivity contribution in [3.05, 3.63) is 27.1 Å². The van der Waals surface area contributed by atoms with E-state index in [1.54, 1.807) is 12.1 Å². The van der Waals surface area contributed by atoms with Gasteiger partial charge in [-0.25, -0.2) is 4.79 Å². The van der Waals surface area contributed by atoms with Crippen LogP contribution < -0.4 is 5.32 Å². The van der Waals surface area contributed by atoms with Crippen LogP contribution in [0, 0.1) is 0 Å². The second-order valence-electron chi connectivity index (χ2n) is 3.87. The van der Waals surface area contributed by atoms with E-state index in [1.807, 2.05) is 13.0 Å². The molecule has 0 spiro atoms. The topological polar surface area (TPSA) is 69.6 Å². The lowest BCUT2D eigenvalue weighted by atomic mass is 10.3. The second kappa shape index (κ2) is 7.49. The quantitative estimate of drug-likeness (QED) is 0.803. The van der Waals surface area contributed by atoms with E-state index in [0.29, 0.717) is 18.7 Å². The Morgan fingerprint density at radius 2 is 2.05 bits per heavy atom. The molecule has 5 nitrogen and oxygen atoms in total. The van der Waals surface area contributed by atoms with E-state index in [2.05, 4.69) is 37.2 Å². The molecule has 0 saturated carbocycles. The molecule has 2 N–H and O–H groups in total. The summed E-state index contributed by atoms with van der Waals surface area (Å²) in [5, 5.41) is 11.5. The Kier molecular flexibility index (Phi) is 6.30. The third-order valence-corrected chi connectivity index (χ3v) is 3.46. The minimum atomic E-state index is -1.03.